The molecule has 1 N–H and O–H groups in total. The first-order valence-corrected chi connectivity index (χ1v) is 8.90. The van der Waals surface area contributed by atoms with Crippen LogP contribution in [0.5, 0.6) is 0 Å². The summed E-state index contributed by atoms with van der Waals surface area (Å²) < 4.78 is 5.55. The zero-order valence-electron chi connectivity index (χ0n) is 14.0. The second-order valence-electron chi connectivity index (χ2n) is 6.50. The van der Waals surface area contributed by atoms with Gasteiger partial charge >= 0.3 is 0 Å². The van der Waals surface area contributed by atoms with Gasteiger partial charge in [-0.05, 0) is 50.7 Å². The Morgan fingerprint density at radius 2 is 2.30 bits per heavy atom. The van der Waals surface area contributed by atoms with Crippen LogP contribution in [0.3, 0.4) is 0 Å². The molecule has 126 valence electrons. The van der Waals surface area contributed by atoms with E-state index in [1.54, 1.807) is 12.3 Å². The van der Waals surface area contributed by atoms with Gasteiger partial charge in [0.25, 0.3) is 5.91 Å². The van der Waals surface area contributed by atoms with Crippen molar-refractivity contribution in [2.24, 2.45) is 0 Å². The van der Waals surface area contributed by atoms with E-state index in [0.717, 1.165) is 38.2 Å². The second kappa shape index (κ2) is 7.77. The van der Waals surface area contributed by atoms with Gasteiger partial charge in [0.05, 0.1) is 6.10 Å². The summed E-state index contributed by atoms with van der Waals surface area (Å²) in [7, 11) is 0. The van der Waals surface area contributed by atoms with Gasteiger partial charge in [0.2, 0.25) is 0 Å². The molecule has 1 aromatic rings. The number of nitrogens with zero attached hydrogens (tertiary/aromatic N) is 2. The van der Waals surface area contributed by atoms with Crippen LogP contribution in [-0.4, -0.2) is 42.7 Å². The van der Waals surface area contributed by atoms with E-state index >= 15 is 0 Å². The Hall–Kier alpha value is -1.62. The molecule has 2 aliphatic rings. The number of nitrogens with one attached hydrogen (secondary N) is 1. The zero-order chi connectivity index (χ0) is 16.1. The van der Waals surface area contributed by atoms with Gasteiger partial charge in [-0.2, -0.15) is 0 Å². The SMILES string of the molecule is CCC1CCCCN1c1cc(C(=O)NCC2CCCO2)ccn1. The molecule has 0 spiro atoms. The molecule has 1 aromatic heterocycles. The number of carbonyl (C=O) groups excluding carboxylic acids is 1. The first-order chi connectivity index (χ1) is 11.3. The highest BCUT2D eigenvalue weighted by Crippen LogP contribution is 2.25. The lowest BCUT2D eigenvalue weighted by Gasteiger charge is -2.36. The van der Waals surface area contributed by atoms with Crippen LogP contribution < -0.4 is 10.2 Å². The van der Waals surface area contributed by atoms with Crippen molar-refractivity contribution in [3.63, 3.8) is 0 Å². The summed E-state index contributed by atoms with van der Waals surface area (Å²) in [6.45, 7) is 4.67. The van der Waals surface area contributed by atoms with E-state index in [1.807, 2.05) is 6.07 Å². The molecule has 0 aliphatic carbocycles. The largest absolute Gasteiger partial charge is 0.376 e. The van der Waals surface area contributed by atoms with Gasteiger partial charge in [-0.15, -0.1) is 0 Å². The second-order valence-corrected chi connectivity index (χ2v) is 6.50. The predicted molar refractivity (Wildman–Crippen MR) is 90.8 cm³/mol. The van der Waals surface area contributed by atoms with Crippen molar-refractivity contribution in [2.75, 3.05) is 24.6 Å². The Kier molecular flexibility index (Phi) is 5.49. The minimum atomic E-state index is -0.0331. The maximum Gasteiger partial charge on any atom is 0.251 e. The number of rotatable bonds is 5. The Balaban J connectivity index is 1.64. The molecule has 1 amide bonds. The minimum Gasteiger partial charge on any atom is -0.376 e. The van der Waals surface area contributed by atoms with Gasteiger partial charge in [0.1, 0.15) is 5.82 Å². The van der Waals surface area contributed by atoms with E-state index in [4.69, 9.17) is 4.74 Å². The van der Waals surface area contributed by atoms with Crippen molar-refractivity contribution in [2.45, 2.75) is 57.6 Å². The molecule has 5 nitrogen and oxygen atoms in total. The molecule has 2 unspecified atom stereocenters. The van der Waals surface area contributed by atoms with Crippen molar-refractivity contribution in [1.82, 2.24) is 10.3 Å². The van der Waals surface area contributed by atoms with Crippen molar-refractivity contribution in [3.05, 3.63) is 23.9 Å². The van der Waals surface area contributed by atoms with E-state index < -0.39 is 0 Å². The van der Waals surface area contributed by atoms with Gasteiger partial charge in [-0.1, -0.05) is 6.92 Å². The molecule has 2 fully saturated rings. The van der Waals surface area contributed by atoms with Gasteiger partial charge in [-0.3, -0.25) is 4.79 Å². The Labute approximate surface area is 138 Å². The minimum absolute atomic E-state index is 0.0331. The third-order valence-corrected chi connectivity index (χ3v) is 4.91. The lowest BCUT2D eigenvalue weighted by atomic mass is 10.00. The molecular weight excluding hydrogens is 290 g/mol. The number of piperidine rings is 1. The van der Waals surface area contributed by atoms with Crippen LogP contribution in [0.1, 0.15) is 55.8 Å². The van der Waals surface area contributed by atoms with E-state index in [1.165, 1.54) is 19.3 Å². The summed E-state index contributed by atoms with van der Waals surface area (Å²) in [5.41, 5.74) is 0.688. The van der Waals surface area contributed by atoms with Crippen molar-refractivity contribution in [3.8, 4) is 0 Å². The van der Waals surface area contributed by atoms with Gasteiger partial charge in [-0.25, -0.2) is 4.98 Å². The van der Waals surface area contributed by atoms with E-state index in [2.05, 4.69) is 22.1 Å². The monoisotopic (exact) mass is 317 g/mol. The normalized spacial score (nSPS) is 24.7. The predicted octanol–water partition coefficient (Wildman–Crippen LogP) is 2.76. The summed E-state index contributed by atoms with van der Waals surface area (Å²) in [5, 5.41) is 2.99. The first-order valence-electron chi connectivity index (χ1n) is 8.90. The fraction of sp³-hybridized carbons (Fsp3) is 0.667. The van der Waals surface area contributed by atoms with Crippen molar-refractivity contribution < 1.29 is 9.53 Å². The lowest BCUT2D eigenvalue weighted by Crippen LogP contribution is -2.39. The smallest absolute Gasteiger partial charge is 0.251 e. The van der Waals surface area contributed by atoms with Crippen LogP contribution in [0.25, 0.3) is 0 Å². The summed E-state index contributed by atoms with van der Waals surface area (Å²) >= 11 is 0. The molecule has 0 bridgehead atoms. The number of carbonyl (C=O) groups is 1. The summed E-state index contributed by atoms with van der Waals surface area (Å²) in [6.07, 6.45) is 8.88. The average molecular weight is 317 g/mol. The number of hydrogen-bond donors (Lipinski definition) is 1. The number of amides is 1. The van der Waals surface area contributed by atoms with E-state index in [9.17, 15) is 4.79 Å². The van der Waals surface area contributed by atoms with Crippen molar-refractivity contribution >= 4 is 11.7 Å². The molecule has 0 radical (unpaired) electrons. The van der Waals surface area contributed by atoms with E-state index in [0.29, 0.717) is 18.2 Å². The number of hydrogen-bond acceptors (Lipinski definition) is 4. The summed E-state index contributed by atoms with van der Waals surface area (Å²) in [4.78, 5) is 19.2. The maximum atomic E-state index is 12.4. The molecule has 2 atom stereocenters. The molecule has 23 heavy (non-hydrogen) atoms. The van der Waals surface area contributed by atoms with Crippen molar-refractivity contribution in [1.29, 1.82) is 0 Å². The summed E-state index contributed by atoms with van der Waals surface area (Å²) in [6, 6.07) is 4.26. The molecule has 3 rings (SSSR count). The standard InChI is InChI=1S/C18H27N3O2/c1-2-15-6-3-4-10-21(15)17-12-14(8-9-19-17)18(22)20-13-16-7-5-11-23-16/h8-9,12,15-16H,2-7,10-11,13H2,1H3,(H,20,22). The van der Waals surface area contributed by atoms with E-state index in [-0.39, 0.29) is 12.0 Å². The molecular formula is C18H27N3O2. The fourth-order valence-electron chi connectivity index (χ4n) is 3.56. The quantitative estimate of drug-likeness (QED) is 0.907. The number of pyridine rings is 1. The Bertz CT molecular complexity index is 529. The van der Waals surface area contributed by atoms with Crippen LogP contribution in [0.4, 0.5) is 5.82 Å². The highest BCUT2D eigenvalue weighted by atomic mass is 16.5. The fourth-order valence-corrected chi connectivity index (χ4v) is 3.56. The maximum absolute atomic E-state index is 12.4. The molecule has 0 saturated carbocycles. The molecule has 3 heterocycles. The highest BCUT2D eigenvalue weighted by Gasteiger charge is 2.23. The summed E-state index contributed by atoms with van der Waals surface area (Å²) in [5.74, 6) is 0.899. The highest BCUT2D eigenvalue weighted by molar-refractivity contribution is 5.94. The Morgan fingerprint density at radius 3 is 3.09 bits per heavy atom. The number of aromatic nitrogens is 1. The third kappa shape index (κ3) is 4.02. The van der Waals surface area contributed by atoms with Crippen LogP contribution >= 0.6 is 0 Å². The van der Waals surface area contributed by atoms with Gasteiger partial charge in [0.15, 0.2) is 0 Å². The molecule has 5 heteroatoms. The van der Waals surface area contributed by atoms with Crippen LogP contribution in [0.2, 0.25) is 0 Å². The third-order valence-electron chi connectivity index (χ3n) is 4.91. The van der Waals surface area contributed by atoms with Crippen LogP contribution in [-0.2, 0) is 4.74 Å². The first kappa shape index (κ1) is 16.2. The number of anilines is 1. The molecule has 2 saturated heterocycles. The molecule has 2 aliphatic heterocycles. The average Bonchev–Trinajstić information content (AvgIpc) is 3.13. The lowest BCUT2D eigenvalue weighted by molar-refractivity contribution is 0.0857. The Morgan fingerprint density at radius 1 is 1.39 bits per heavy atom. The number of ether oxygens (including phenoxy) is 1. The van der Waals surface area contributed by atoms with Crippen LogP contribution in [0, 0.1) is 0 Å². The zero-order valence-corrected chi connectivity index (χ0v) is 14.0. The van der Waals surface area contributed by atoms with Gasteiger partial charge in [0, 0.05) is 37.5 Å². The van der Waals surface area contributed by atoms with Gasteiger partial charge < -0.3 is 15.0 Å². The van der Waals surface area contributed by atoms with Crippen LogP contribution in [0.15, 0.2) is 18.3 Å². The molecule has 0 aromatic carbocycles. The topological polar surface area (TPSA) is 54.5 Å².